The van der Waals surface area contributed by atoms with E-state index in [4.69, 9.17) is 10.3 Å². The minimum absolute atomic E-state index is 0.207. The van der Waals surface area contributed by atoms with E-state index in [2.05, 4.69) is 11.9 Å². The summed E-state index contributed by atoms with van der Waals surface area (Å²) in [7, 11) is 0. The SMILES string of the molecule is C=NO.[O-][N+](=Cc1ccccc1)Cc1ccc(O)cc1. The lowest BCUT2D eigenvalue weighted by Gasteiger charge is -2.04. The standard InChI is InChI=1S/C14H13NO2.CH3NO/c16-14-8-6-13(7-9-14)11-15(17)10-12-4-2-1-3-5-12;1-2-3/h1-10,16H,11H2;3H,1H2. The van der Waals surface area contributed by atoms with Crippen LogP contribution in [-0.2, 0) is 6.54 Å². The van der Waals surface area contributed by atoms with Crippen molar-refractivity contribution in [2.24, 2.45) is 5.16 Å². The molecule has 0 bridgehead atoms. The van der Waals surface area contributed by atoms with Gasteiger partial charge in [0.15, 0.2) is 12.8 Å². The maximum absolute atomic E-state index is 11.7. The quantitative estimate of drug-likeness (QED) is 0.296. The first-order valence-electron chi connectivity index (χ1n) is 5.87. The van der Waals surface area contributed by atoms with Gasteiger partial charge < -0.3 is 15.5 Å². The molecule has 2 rings (SSSR count). The van der Waals surface area contributed by atoms with E-state index in [9.17, 15) is 5.21 Å². The third-order valence-corrected chi connectivity index (χ3v) is 2.37. The maximum atomic E-state index is 11.7. The van der Waals surface area contributed by atoms with E-state index in [0.717, 1.165) is 15.9 Å². The molecule has 104 valence electrons. The number of oxime groups is 1. The first kappa shape index (κ1) is 15.2. The topological polar surface area (TPSA) is 78.9 Å². The van der Waals surface area contributed by atoms with Gasteiger partial charge in [-0.1, -0.05) is 18.2 Å². The number of nitrogens with zero attached hydrogens (tertiary/aromatic N) is 2. The van der Waals surface area contributed by atoms with Crippen LogP contribution >= 0.6 is 0 Å². The molecule has 0 aliphatic carbocycles. The van der Waals surface area contributed by atoms with E-state index in [1.807, 2.05) is 30.3 Å². The van der Waals surface area contributed by atoms with Crippen LogP contribution in [0.1, 0.15) is 11.1 Å². The molecule has 0 atom stereocenters. The predicted molar refractivity (Wildman–Crippen MR) is 78.4 cm³/mol. The normalized spacial score (nSPS) is 10.3. The lowest BCUT2D eigenvalue weighted by atomic mass is 10.2. The van der Waals surface area contributed by atoms with Gasteiger partial charge in [-0.3, -0.25) is 0 Å². The van der Waals surface area contributed by atoms with Crippen LogP contribution in [-0.4, -0.2) is 28.0 Å². The molecule has 5 nitrogen and oxygen atoms in total. The zero-order chi connectivity index (χ0) is 14.8. The summed E-state index contributed by atoms with van der Waals surface area (Å²) in [6, 6.07) is 16.1. The van der Waals surface area contributed by atoms with Gasteiger partial charge in [-0.25, -0.2) is 4.74 Å². The Kier molecular flexibility index (Phi) is 6.33. The number of benzene rings is 2. The van der Waals surface area contributed by atoms with Crippen molar-refractivity contribution in [1.82, 2.24) is 0 Å². The lowest BCUT2D eigenvalue weighted by molar-refractivity contribution is -0.469. The van der Waals surface area contributed by atoms with Gasteiger partial charge in [-0.05, 0) is 36.4 Å². The largest absolute Gasteiger partial charge is 0.624 e. The number of phenolic OH excluding ortho intramolecular Hbond substituents is 1. The smallest absolute Gasteiger partial charge is 0.182 e. The molecule has 2 aromatic carbocycles. The molecule has 0 radical (unpaired) electrons. The third kappa shape index (κ3) is 5.68. The molecule has 0 aromatic heterocycles. The third-order valence-electron chi connectivity index (χ3n) is 2.37. The fraction of sp³-hybridized carbons (Fsp3) is 0.0667. The van der Waals surface area contributed by atoms with Gasteiger partial charge in [-0.15, -0.1) is 5.16 Å². The molecule has 0 saturated heterocycles. The number of hydrogen-bond acceptors (Lipinski definition) is 4. The zero-order valence-corrected chi connectivity index (χ0v) is 10.9. The van der Waals surface area contributed by atoms with Crippen molar-refractivity contribution in [1.29, 1.82) is 0 Å². The molecule has 20 heavy (non-hydrogen) atoms. The van der Waals surface area contributed by atoms with Crippen molar-refractivity contribution in [3.05, 3.63) is 70.9 Å². The fourth-order valence-electron chi connectivity index (χ4n) is 1.53. The summed E-state index contributed by atoms with van der Waals surface area (Å²) in [5, 5.41) is 30.1. The van der Waals surface area contributed by atoms with Gasteiger partial charge in [-0.2, -0.15) is 0 Å². The average Bonchev–Trinajstić information content (AvgIpc) is 2.43. The number of aromatic hydroxyl groups is 1. The Morgan fingerprint density at radius 2 is 1.65 bits per heavy atom. The molecular weight excluding hydrogens is 256 g/mol. The first-order chi connectivity index (χ1) is 9.65. The summed E-state index contributed by atoms with van der Waals surface area (Å²) in [5.74, 6) is 0.207. The van der Waals surface area contributed by atoms with E-state index in [0.29, 0.717) is 0 Å². The van der Waals surface area contributed by atoms with Crippen LogP contribution in [0.5, 0.6) is 5.75 Å². The summed E-state index contributed by atoms with van der Waals surface area (Å²) < 4.78 is 0.877. The van der Waals surface area contributed by atoms with Gasteiger partial charge in [0.1, 0.15) is 5.75 Å². The van der Waals surface area contributed by atoms with Crippen molar-refractivity contribution in [2.45, 2.75) is 6.54 Å². The van der Waals surface area contributed by atoms with Gasteiger partial charge >= 0.3 is 0 Å². The molecular formula is C15H16N2O3. The van der Waals surface area contributed by atoms with Crippen molar-refractivity contribution < 1.29 is 15.1 Å². The minimum atomic E-state index is 0.207. The number of hydrogen-bond donors (Lipinski definition) is 2. The second-order valence-corrected chi connectivity index (χ2v) is 3.92. The van der Waals surface area contributed by atoms with Gasteiger partial charge in [0.05, 0.1) is 0 Å². The summed E-state index contributed by atoms with van der Waals surface area (Å²) in [6.45, 7) is 2.94. The maximum Gasteiger partial charge on any atom is 0.182 e. The zero-order valence-electron chi connectivity index (χ0n) is 10.9. The summed E-state index contributed by atoms with van der Waals surface area (Å²) >= 11 is 0. The molecule has 2 N–H and O–H groups in total. The van der Waals surface area contributed by atoms with E-state index in [-0.39, 0.29) is 12.3 Å². The summed E-state index contributed by atoms with van der Waals surface area (Å²) in [5.41, 5.74) is 1.74. The van der Waals surface area contributed by atoms with Crippen molar-refractivity contribution in [3.63, 3.8) is 0 Å². The molecule has 0 saturated carbocycles. The fourth-order valence-corrected chi connectivity index (χ4v) is 1.53. The van der Waals surface area contributed by atoms with Gasteiger partial charge in [0.25, 0.3) is 0 Å². The molecule has 0 spiro atoms. The molecule has 0 heterocycles. The predicted octanol–water partition coefficient (Wildman–Crippen LogP) is 2.60. The number of phenols is 1. The minimum Gasteiger partial charge on any atom is -0.624 e. The second kappa shape index (κ2) is 8.31. The highest BCUT2D eigenvalue weighted by Crippen LogP contribution is 2.10. The molecule has 5 heteroatoms. The Balaban J connectivity index is 0.000000612. The van der Waals surface area contributed by atoms with Gasteiger partial charge in [0, 0.05) is 17.8 Å². The summed E-state index contributed by atoms with van der Waals surface area (Å²) in [4.78, 5) is 0. The van der Waals surface area contributed by atoms with Crippen LogP contribution in [0.15, 0.2) is 59.8 Å². The molecule has 2 aromatic rings. The van der Waals surface area contributed by atoms with Crippen LogP contribution in [0.4, 0.5) is 0 Å². The Morgan fingerprint density at radius 3 is 2.20 bits per heavy atom. The lowest BCUT2D eigenvalue weighted by Crippen LogP contribution is -2.05. The molecule has 0 unspecified atom stereocenters. The highest BCUT2D eigenvalue weighted by atomic mass is 16.5. The first-order valence-corrected chi connectivity index (χ1v) is 5.87. The Labute approximate surface area is 117 Å². The monoisotopic (exact) mass is 272 g/mol. The Hall–Kier alpha value is -2.82. The molecule has 0 aliphatic heterocycles. The van der Waals surface area contributed by atoms with Crippen LogP contribution in [0.2, 0.25) is 0 Å². The molecule has 0 amide bonds. The van der Waals surface area contributed by atoms with Crippen LogP contribution in [0.3, 0.4) is 0 Å². The van der Waals surface area contributed by atoms with Crippen molar-refractivity contribution in [3.8, 4) is 5.75 Å². The second-order valence-electron chi connectivity index (χ2n) is 3.92. The number of rotatable bonds is 3. The Morgan fingerprint density at radius 1 is 1.10 bits per heavy atom. The summed E-state index contributed by atoms with van der Waals surface area (Å²) in [6.07, 6.45) is 1.55. The van der Waals surface area contributed by atoms with Crippen LogP contribution in [0, 0.1) is 5.21 Å². The van der Waals surface area contributed by atoms with E-state index in [1.54, 1.807) is 30.5 Å². The van der Waals surface area contributed by atoms with Crippen LogP contribution < -0.4 is 0 Å². The van der Waals surface area contributed by atoms with Crippen LogP contribution in [0.25, 0.3) is 0 Å². The molecule has 0 fully saturated rings. The molecule has 0 aliphatic rings. The number of hydroxylamine groups is 1. The van der Waals surface area contributed by atoms with E-state index < -0.39 is 0 Å². The highest BCUT2D eigenvalue weighted by Gasteiger charge is 1.99. The van der Waals surface area contributed by atoms with Gasteiger partial charge in [0.2, 0.25) is 0 Å². The van der Waals surface area contributed by atoms with Crippen molar-refractivity contribution >= 4 is 12.9 Å². The Bertz CT molecular complexity index is 551. The van der Waals surface area contributed by atoms with E-state index >= 15 is 0 Å². The average molecular weight is 272 g/mol. The van der Waals surface area contributed by atoms with Crippen molar-refractivity contribution in [2.75, 3.05) is 0 Å². The van der Waals surface area contributed by atoms with E-state index in [1.165, 1.54) is 0 Å². The highest BCUT2D eigenvalue weighted by molar-refractivity contribution is 5.75.